The Morgan fingerprint density at radius 3 is 2.32 bits per heavy atom. The van der Waals surface area contributed by atoms with Gasteiger partial charge in [0.05, 0.1) is 12.2 Å². The maximum absolute atomic E-state index is 11.8. The third kappa shape index (κ3) is 6.92. The van der Waals surface area contributed by atoms with Crippen LogP contribution in [0.1, 0.15) is 29.3 Å². The molecule has 0 spiro atoms. The summed E-state index contributed by atoms with van der Waals surface area (Å²) in [5.74, 6) is -0.868. The van der Waals surface area contributed by atoms with Gasteiger partial charge in [0.1, 0.15) is 5.75 Å². The number of carbonyl (C=O) groups is 3. The van der Waals surface area contributed by atoms with Gasteiger partial charge in [-0.1, -0.05) is 29.8 Å². The van der Waals surface area contributed by atoms with Crippen LogP contribution in [0.15, 0.2) is 48.5 Å². The van der Waals surface area contributed by atoms with Crippen LogP contribution in [0.3, 0.4) is 0 Å². The van der Waals surface area contributed by atoms with E-state index in [1.54, 1.807) is 37.3 Å². The maximum atomic E-state index is 11.8. The molecule has 0 radical (unpaired) electrons. The summed E-state index contributed by atoms with van der Waals surface area (Å²) in [5.41, 5.74) is 5.86. The zero-order chi connectivity index (χ0) is 20.4. The Balaban J connectivity index is 1.68. The molecule has 2 N–H and O–H groups in total. The monoisotopic (exact) mass is 404 g/mol. The highest BCUT2D eigenvalue weighted by Gasteiger charge is 2.09. The normalized spacial score (nSPS) is 10.1. The fraction of sp³-hybridized carbons (Fsp3) is 0.250. The summed E-state index contributed by atoms with van der Waals surface area (Å²) >= 11 is 6.03. The average Bonchev–Trinajstić information content (AvgIpc) is 2.70. The lowest BCUT2D eigenvalue weighted by Gasteiger charge is -2.09. The molecule has 0 saturated heterocycles. The molecule has 148 valence electrons. The number of halogens is 1. The van der Waals surface area contributed by atoms with Gasteiger partial charge in [-0.2, -0.15) is 0 Å². The number of nitrogens with one attached hydrogen (secondary N) is 2. The smallest absolute Gasteiger partial charge is 0.338 e. The number of aryl methyl sites for hydroxylation is 1. The van der Waals surface area contributed by atoms with Gasteiger partial charge in [0.2, 0.25) is 5.91 Å². The van der Waals surface area contributed by atoms with Gasteiger partial charge in [-0.15, -0.1) is 0 Å². The van der Waals surface area contributed by atoms with Crippen LogP contribution in [-0.2, 0) is 20.7 Å². The molecule has 2 aromatic rings. The first-order valence-electron chi connectivity index (χ1n) is 8.70. The van der Waals surface area contributed by atoms with E-state index in [-0.39, 0.29) is 18.9 Å². The Bertz CT molecular complexity index is 824. The Kier molecular flexibility index (Phi) is 8.30. The molecule has 8 heteroatoms. The summed E-state index contributed by atoms with van der Waals surface area (Å²) in [4.78, 5) is 35.1. The van der Waals surface area contributed by atoms with Crippen LogP contribution in [0.4, 0.5) is 0 Å². The van der Waals surface area contributed by atoms with Gasteiger partial charge < -0.3 is 9.47 Å². The second-order valence-electron chi connectivity index (χ2n) is 5.72. The van der Waals surface area contributed by atoms with Gasteiger partial charge in [0.15, 0.2) is 6.61 Å². The van der Waals surface area contributed by atoms with Gasteiger partial charge in [0.25, 0.3) is 5.91 Å². The number of benzene rings is 2. The summed E-state index contributed by atoms with van der Waals surface area (Å²) < 4.78 is 10.2. The van der Waals surface area contributed by atoms with Crippen LogP contribution in [0.25, 0.3) is 0 Å². The number of carbonyl (C=O) groups excluding carboxylic acids is 3. The molecule has 0 aliphatic rings. The fourth-order valence-electron chi connectivity index (χ4n) is 2.24. The molecule has 0 aliphatic carbocycles. The van der Waals surface area contributed by atoms with E-state index in [0.29, 0.717) is 29.4 Å². The number of hydrogen-bond donors (Lipinski definition) is 2. The predicted molar refractivity (Wildman–Crippen MR) is 104 cm³/mol. The number of amides is 2. The summed E-state index contributed by atoms with van der Waals surface area (Å²) in [6.07, 6.45) is 0.644. The number of hydrazine groups is 1. The van der Waals surface area contributed by atoms with Gasteiger partial charge in [-0.05, 0) is 49.2 Å². The van der Waals surface area contributed by atoms with Crippen LogP contribution >= 0.6 is 11.6 Å². The zero-order valence-electron chi connectivity index (χ0n) is 15.4. The average molecular weight is 405 g/mol. The Labute approximate surface area is 167 Å². The molecule has 0 bridgehead atoms. The van der Waals surface area contributed by atoms with E-state index in [9.17, 15) is 14.4 Å². The first kappa shape index (κ1) is 21.2. The van der Waals surface area contributed by atoms with Crippen molar-refractivity contribution >= 4 is 29.4 Å². The number of rotatable bonds is 8. The second kappa shape index (κ2) is 10.9. The molecule has 0 heterocycles. The molecule has 2 rings (SSSR count). The number of hydrogen-bond acceptors (Lipinski definition) is 5. The predicted octanol–water partition coefficient (Wildman–Crippen LogP) is 2.68. The zero-order valence-corrected chi connectivity index (χ0v) is 16.1. The van der Waals surface area contributed by atoms with Crippen molar-refractivity contribution in [1.29, 1.82) is 0 Å². The quantitative estimate of drug-likeness (QED) is 0.521. The lowest BCUT2D eigenvalue weighted by molar-refractivity contribution is -0.130. The van der Waals surface area contributed by atoms with E-state index in [1.807, 2.05) is 18.2 Å². The summed E-state index contributed by atoms with van der Waals surface area (Å²) in [6, 6.07) is 13.5. The highest BCUT2D eigenvalue weighted by Crippen LogP contribution is 2.16. The topological polar surface area (TPSA) is 93.7 Å². The SMILES string of the molecule is CCOC(=O)c1ccc(OCC(=O)NNC(=O)CCc2ccccc2Cl)cc1. The van der Waals surface area contributed by atoms with Crippen molar-refractivity contribution in [3.63, 3.8) is 0 Å². The van der Waals surface area contributed by atoms with Crippen molar-refractivity contribution in [2.24, 2.45) is 0 Å². The fourth-order valence-corrected chi connectivity index (χ4v) is 2.47. The van der Waals surface area contributed by atoms with Crippen molar-refractivity contribution in [3.8, 4) is 5.75 Å². The third-order valence-corrected chi connectivity index (χ3v) is 4.02. The lowest BCUT2D eigenvalue weighted by atomic mass is 10.1. The molecule has 0 aliphatic heterocycles. The van der Waals surface area contributed by atoms with E-state index in [2.05, 4.69) is 10.9 Å². The Morgan fingerprint density at radius 1 is 0.964 bits per heavy atom. The summed E-state index contributed by atoms with van der Waals surface area (Å²) in [6.45, 7) is 1.73. The van der Waals surface area contributed by atoms with Crippen LogP contribution in [0.2, 0.25) is 5.02 Å². The minimum Gasteiger partial charge on any atom is -0.484 e. The molecule has 28 heavy (non-hydrogen) atoms. The lowest BCUT2D eigenvalue weighted by Crippen LogP contribution is -2.43. The highest BCUT2D eigenvalue weighted by molar-refractivity contribution is 6.31. The molecular weight excluding hydrogens is 384 g/mol. The van der Waals surface area contributed by atoms with Crippen LogP contribution in [0.5, 0.6) is 5.75 Å². The highest BCUT2D eigenvalue weighted by atomic mass is 35.5. The Morgan fingerprint density at radius 2 is 1.64 bits per heavy atom. The molecule has 7 nitrogen and oxygen atoms in total. The molecule has 0 unspecified atom stereocenters. The van der Waals surface area contributed by atoms with E-state index < -0.39 is 11.9 Å². The van der Waals surface area contributed by atoms with Crippen molar-refractivity contribution < 1.29 is 23.9 Å². The van der Waals surface area contributed by atoms with Crippen molar-refractivity contribution in [3.05, 3.63) is 64.7 Å². The summed E-state index contributed by atoms with van der Waals surface area (Å²) in [5, 5.41) is 0.599. The number of ether oxygens (including phenoxy) is 2. The minimum absolute atomic E-state index is 0.181. The molecular formula is C20H21ClN2O5. The van der Waals surface area contributed by atoms with Crippen LogP contribution in [0, 0.1) is 0 Å². The van der Waals surface area contributed by atoms with Crippen molar-refractivity contribution in [1.82, 2.24) is 10.9 Å². The van der Waals surface area contributed by atoms with Gasteiger partial charge >= 0.3 is 5.97 Å². The minimum atomic E-state index is -0.513. The molecule has 0 atom stereocenters. The van der Waals surface area contributed by atoms with Gasteiger partial charge in [0, 0.05) is 11.4 Å². The second-order valence-corrected chi connectivity index (χ2v) is 6.13. The van der Waals surface area contributed by atoms with Crippen molar-refractivity contribution in [2.45, 2.75) is 19.8 Å². The molecule has 0 fully saturated rings. The number of esters is 1. The van der Waals surface area contributed by atoms with E-state index in [4.69, 9.17) is 21.1 Å². The van der Waals surface area contributed by atoms with Gasteiger partial charge in [-0.25, -0.2) is 4.79 Å². The van der Waals surface area contributed by atoms with Crippen LogP contribution < -0.4 is 15.6 Å². The molecule has 0 saturated carbocycles. The first-order valence-corrected chi connectivity index (χ1v) is 9.08. The van der Waals surface area contributed by atoms with E-state index >= 15 is 0 Å². The first-order chi connectivity index (χ1) is 13.5. The maximum Gasteiger partial charge on any atom is 0.338 e. The molecule has 2 aromatic carbocycles. The van der Waals surface area contributed by atoms with E-state index in [0.717, 1.165) is 5.56 Å². The van der Waals surface area contributed by atoms with Gasteiger partial charge in [-0.3, -0.25) is 20.4 Å². The Hall–Kier alpha value is -3.06. The molecule has 0 aromatic heterocycles. The van der Waals surface area contributed by atoms with E-state index in [1.165, 1.54) is 0 Å². The largest absolute Gasteiger partial charge is 0.484 e. The third-order valence-electron chi connectivity index (χ3n) is 3.66. The summed E-state index contributed by atoms with van der Waals surface area (Å²) in [7, 11) is 0. The standard InChI is InChI=1S/C20H21ClN2O5/c1-2-27-20(26)15-7-10-16(11-8-15)28-13-19(25)23-22-18(24)12-9-14-5-3-4-6-17(14)21/h3-8,10-11H,2,9,12-13H2,1H3,(H,22,24)(H,23,25). The van der Waals surface area contributed by atoms with Crippen LogP contribution in [-0.4, -0.2) is 31.0 Å². The molecule has 2 amide bonds. The van der Waals surface area contributed by atoms with Crippen molar-refractivity contribution in [2.75, 3.05) is 13.2 Å².